The van der Waals surface area contributed by atoms with Crippen LogP contribution in [-0.2, 0) is 4.57 Å². The molecule has 5 aromatic rings. The van der Waals surface area contributed by atoms with Crippen LogP contribution < -0.4 is 13.6 Å². The van der Waals surface area contributed by atoms with E-state index in [9.17, 15) is 9.36 Å². The van der Waals surface area contributed by atoms with Crippen molar-refractivity contribution in [3.63, 3.8) is 0 Å². The summed E-state index contributed by atoms with van der Waals surface area (Å²) >= 11 is 0. The van der Waals surface area contributed by atoms with Crippen LogP contribution in [0.4, 0.5) is 0 Å². The first kappa shape index (κ1) is 27.5. The van der Waals surface area contributed by atoms with Gasteiger partial charge >= 0.3 is 13.8 Å². The average molecular weight is 541 g/mol. The second kappa shape index (κ2) is 12.3. The number of hydrogen-bond donors (Lipinski definition) is 1. The Morgan fingerprint density at radius 2 is 0.949 bits per heavy atom. The van der Waals surface area contributed by atoms with Gasteiger partial charge in [-0.25, -0.2) is 4.79 Å². The third kappa shape index (κ3) is 7.07. The quantitative estimate of drug-likeness (QED) is 0.208. The van der Waals surface area contributed by atoms with E-state index in [-0.39, 0.29) is 0 Å². The van der Waals surface area contributed by atoms with Gasteiger partial charge < -0.3 is 18.7 Å². The fraction of sp³-hybridized carbons (Fsp3) is 0.0938. The summed E-state index contributed by atoms with van der Waals surface area (Å²) in [5, 5.41) is 10.6. The van der Waals surface area contributed by atoms with E-state index in [1.807, 2.05) is 106 Å². The van der Waals surface area contributed by atoms with Crippen molar-refractivity contribution in [3.05, 3.63) is 138 Å². The number of para-hydroxylation sites is 3. The van der Waals surface area contributed by atoms with Gasteiger partial charge in [-0.15, -0.1) is 0 Å². The highest BCUT2D eigenvalue weighted by molar-refractivity contribution is 7.49. The molecule has 0 amide bonds. The molecule has 0 fully saturated rings. The van der Waals surface area contributed by atoms with Crippen LogP contribution in [0.2, 0.25) is 0 Å². The lowest BCUT2D eigenvalue weighted by atomic mass is 10.1. The van der Waals surface area contributed by atoms with Gasteiger partial charge in [0.2, 0.25) is 0 Å². The van der Waals surface area contributed by atoms with Crippen LogP contribution in [0.5, 0.6) is 17.2 Å². The molecule has 0 aliphatic heterocycles. The van der Waals surface area contributed by atoms with Crippen LogP contribution in [0.25, 0.3) is 10.8 Å². The Morgan fingerprint density at radius 3 is 1.38 bits per heavy atom. The topological polar surface area (TPSA) is 82.1 Å². The molecular formula is C32H29O6P. The summed E-state index contributed by atoms with van der Waals surface area (Å²) in [5.74, 6) is 0.491. The molecule has 0 saturated carbocycles. The van der Waals surface area contributed by atoms with E-state index >= 15 is 0 Å². The van der Waals surface area contributed by atoms with Crippen molar-refractivity contribution in [2.45, 2.75) is 20.8 Å². The molecule has 1 N–H and O–H groups in total. The van der Waals surface area contributed by atoms with Crippen molar-refractivity contribution >= 4 is 24.6 Å². The Hall–Kier alpha value is -4.54. The summed E-state index contributed by atoms with van der Waals surface area (Å²) < 4.78 is 30.8. The summed E-state index contributed by atoms with van der Waals surface area (Å²) in [6.45, 7) is 5.63. The Balaban J connectivity index is 0.000000226. The maximum Gasteiger partial charge on any atom is 0.647 e. The molecule has 7 heteroatoms. The molecule has 5 rings (SSSR count). The number of carboxylic acids is 1. The highest BCUT2D eigenvalue weighted by atomic mass is 31.2. The van der Waals surface area contributed by atoms with Crippen molar-refractivity contribution in [2.24, 2.45) is 0 Å². The summed E-state index contributed by atoms with van der Waals surface area (Å²) in [7, 11) is -3.97. The lowest BCUT2D eigenvalue weighted by Crippen LogP contribution is -2.09. The molecular weight excluding hydrogens is 511 g/mol. The predicted octanol–water partition coefficient (Wildman–Crippen LogP) is 8.79. The van der Waals surface area contributed by atoms with Gasteiger partial charge in [-0.2, -0.15) is 4.57 Å². The summed E-state index contributed by atoms with van der Waals surface area (Å²) in [5.41, 5.74) is 2.89. The number of phosphoric acid groups is 1. The van der Waals surface area contributed by atoms with Crippen molar-refractivity contribution in [2.75, 3.05) is 0 Å². The van der Waals surface area contributed by atoms with Crippen molar-refractivity contribution in [3.8, 4) is 17.2 Å². The van der Waals surface area contributed by atoms with Gasteiger partial charge in [0, 0.05) is 0 Å². The molecule has 0 bridgehead atoms. The predicted molar refractivity (Wildman–Crippen MR) is 154 cm³/mol. The average Bonchev–Trinajstić information content (AvgIpc) is 2.93. The Labute approximate surface area is 228 Å². The van der Waals surface area contributed by atoms with E-state index in [1.54, 1.807) is 30.3 Å². The molecule has 6 nitrogen and oxygen atoms in total. The minimum atomic E-state index is -3.97. The molecule has 0 spiro atoms. The Bertz CT molecular complexity index is 1520. The number of rotatable bonds is 7. The fourth-order valence-corrected chi connectivity index (χ4v) is 5.25. The van der Waals surface area contributed by atoms with Gasteiger partial charge in [-0.05, 0) is 72.5 Å². The molecule has 0 aromatic heterocycles. The second-order valence-corrected chi connectivity index (χ2v) is 10.3. The van der Waals surface area contributed by atoms with Gasteiger partial charge in [0.15, 0.2) is 0 Å². The van der Waals surface area contributed by atoms with Crippen LogP contribution >= 0.6 is 7.82 Å². The monoisotopic (exact) mass is 540 g/mol. The first-order valence-corrected chi connectivity index (χ1v) is 13.8. The second-order valence-electron chi connectivity index (χ2n) is 8.85. The van der Waals surface area contributed by atoms with Gasteiger partial charge in [0.05, 0.1) is 5.56 Å². The van der Waals surface area contributed by atoms with E-state index in [2.05, 4.69) is 0 Å². The number of aromatic carboxylic acids is 1. The van der Waals surface area contributed by atoms with Crippen LogP contribution in [0.3, 0.4) is 0 Å². The molecule has 0 unspecified atom stereocenters. The van der Waals surface area contributed by atoms with E-state index < -0.39 is 13.8 Å². The molecule has 0 atom stereocenters. The van der Waals surface area contributed by atoms with Crippen LogP contribution in [0.1, 0.15) is 27.0 Å². The lowest BCUT2D eigenvalue weighted by Gasteiger charge is -2.21. The van der Waals surface area contributed by atoms with Gasteiger partial charge in [0.25, 0.3) is 0 Å². The number of benzene rings is 5. The van der Waals surface area contributed by atoms with Crippen LogP contribution in [-0.4, -0.2) is 11.1 Å². The molecule has 0 heterocycles. The number of fused-ring (bicyclic) bond motifs is 1. The van der Waals surface area contributed by atoms with Crippen molar-refractivity contribution in [1.29, 1.82) is 0 Å². The number of phosphoric ester groups is 1. The molecule has 0 radical (unpaired) electrons. The van der Waals surface area contributed by atoms with Gasteiger partial charge in [-0.3, -0.25) is 0 Å². The maximum atomic E-state index is 13.5. The summed E-state index contributed by atoms with van der Waals surface area (Å²) in [6.07, 6.45) is 0. The van der Waals surface area contributed by atoms with Crippen molar-refractivity contribution in [1.82, 2.24) is 0 Å². The number of hydrogen-bond acceptors (Lipinski definition) is 5. The third-order valence-corrected chi connectivity index (χ3v) is 7.19. The van der Waals surface area contributed by atoms with E-state index in [4.69, 9.17) is 18.7 Å². The smallest absolute Gasteiger partial charge is 0.478 e. The number of aryl methyl sites for hydroxylation is 3. The molecule has 198 valence electrons. The molecule has 0 saturated heterocycles. The third-order valence-electron chi connectivity index (χ3n) is 5.93. The zero-order valence-corrected chi connectivity index (χ0v) is 22.8. The molecule has 0 aliphatic carbocycles. The largest absolute Gasteiger partial charge is 0.647 e. The van der Waals surface area contributed by atoms with Crippen LogP contribution in [0.15, 0.2) is 115 Å². The first-order chi connectivity index (χ1) is 18.8. The molecule has 0 aliphatic rings. The van der Waals surface area contributed by atoms with E-state index in [0.29, 0.717) is 22.8 Å². The fourth-order valence-electron chi connectivity index (χ4n) is 3.81. The Morgan fingerprint density at radius 1 is 0.564 bits per heavy atom. The first-order valence-electron chi connectivity index (χ1n) is 12.3. The zero-order chi connectivity index (χ0) is 27.8. The number of carbonyl (C=O) groups is 1. The summed E-state index contributed by atoms with van der Waals surface area (Å²) in [4.78, 5) is 10.8. The van der Waals surface area contributed by atoms with Crippen LogP contribution in [0, 0.1) is 20.8 Å². The minimum Gasteiger partial charge on any atom is -0.478 e. The highest BCUT2D eigenvalue weighted by Gasteiger charge is 2.34. The molecule has 5 aromatic carbocycles. The number of carboxylic acid groups (broad SMARTS) is 1. The standard InChI is InChI=1S/C21H21O4P.C11H8O2/c1-16-10-4-7-13-19(16)23-26(22,24-20-14-8-5-11-17(20)2)25-21-15-9-6-12-18(21)3;12-11(13)10-7-3-5-8-4-1-2-6-9(8)10/h4-15H,1-3H3;1-7H,(H,12,13). The van der Waals surface area contributed by atoms with Gasteiger partial charge in [0.1, 0.15) is 17.2 Å². The minimum absolute atomic E-state index is 0.359. The van der Waals surface area contributed by atoms with E-state index in [1.165, 1.54) is 0 Å². The Kier molecular flexibility index (Phi) is 8.70. The van der Waals surface area contributed by atoms with E-state index in [0.717, 1.165) is 27.5 Å². The SMILES string of the molecule is Cc1ccccc1OP(=O)(Oc1ccccc1C)Oc1ccccc1C.O=C(O)c1cccc2ccccc12. The summed E-state index contributed by atoms with van der Waals surface area (Å²) in [6, 6.07) is 34.7. The van der Waals surface area contributed by atoms with Crippen molar-refractivity contribution < 1.29 is 28.0 Å². The maximum absolute atomic E-state index is 13.5. The normalized spacial score (nSPS) is 10.7. The molecule has 39 heavy (non-hydrogen) atoms. The lowest BCUT2D eigenvalue weighted by molar-refractivity contribution is 0.0699. The highest BCUT2D eigenvalue weighted by Crippen LogP contribution is 2.51. The zero-order valence-electron chi connectivity index (χ0n) is 21.9. The van der Waals surface area contributed by atoms with Gasteiger partial charge in [-0.1, -0.05) is 91.0 Å².